The maximum absolute atomic E-state index is 11.5. The molecule has 17 heavy (non-hydrogen) atoms. The molecule has 0 radical (unpaired) electrons. The molecular formula is C10H7Cl2NO3S. The SMILES string of the molecule is COc1ccc2nc(Cl)ccc2c1S(=O)(=O)Cl. The van der Waals surface area contributed by atoms with Gasteiger partial charge in [0.2, 0.25) is 0 Å². The van der Waals surface area contributed by atoms with Gasteiger partial charge >= 0.3 is 0 Å². The lowest BCUT2D eigenvalue weighted by molar-refractivity contribution is 0.404. The summed E-state index contributed by atoms with van der Waals surface area (Å²) in [5.41, 5.74) is 0.442. The van der Waals surface area contributed by atoms with E-state index in [1.807, 2.05) is 0 Å². The van der Waals surface area contributed by atoms with Gasteiger partial charge < -0.3 is 4.74 Å². The third-order valence-electron chi connectivity index (χ3n) is 2.22. The maximum Gasteiger partial charge on any atom is 0.265 e. The fraction of sp³-hybridized carbons (Fsp3) is 0.100. The molecule has 0 spiro atoms. The molecule has 1 aromatic heterocycles. The number of ether oxygens (including phenoxy) is 1. The average molecular weight is 292 g/mol. The molecule has 90 valence electrons. The zero-order valence-electron chi connectivity index (χ0n) is 8.65. The van der Waals surface area contributed by atoms with Crippen molar-refractivity contribution in [1.82, 2.24) is 4.98 Å². The molecule has 0 fully saturated rings. The highest BCUT2D eigenvalue weighted by atomic mass is 35.7. The van der Waals surface area contributed by atoms with E-state index in [0.717, 1.165) is 0 Å². The highest BCUT2D eigenvalue weighted by Gasteiger charge is 2.20. The molecule has 0 N–H and O–H groups in total. The smallest absolute Gasteiger partial charge is 0.265 e. The second-order valence-electron chi connectivity index (χ2n) is 3.24. The van der Waals surface area contributed by atoms with E-state index >= 15 is 0 Å². The summed E-state index contributed by atoms with van der Waals surface area (Å²) >= 11 is 5.73. The van der Waals surface area contributed by atoms with Gasteiger partial charge in [0.1, 0.15) is 15.8 Å². The third kappa shape index (κ3) is 2.31. The molecule has 0 aliphatic rings. The van der Waals surface area contributed by atoms with Crippen LogP contribution in [0.15, 0.2) is 29.2 Å². The van der Waals surface area contributed by atoms with Crippen molar-refractivity contribution in [2.75, 3.05) is 7.11 Å². The van der Waals surface area contributed by atoms with Crippen molar-refractivity contribution in [1.29, 1.82) is 0 Å². The molecule has 1 aromatic carbocycles. The standard InChI is InChI=1S/C10H7Cl2NO3S/c1-16-8-4-3-7-6(2-5-9(11)13-7)10(8)17(12,14)15/h2-5H,1H3. The fourth-order valence-corrected chi connectivity index (χ4v) is 3.00. The van der Waals surface area contributed by atoms with E-state index in [1.165, 1.54) is 19.2 Å². The van der Waals surface area contributed by atoms with Crippen molar-refractivity contribution in [2.24, 2.45) is 0 Å². The van der Waals surface area contributed by atoms with E-state index in [4.69, 9.17) is 27.0 Å². The van der Waals surface area contributed by atoms with Crippen LogP contribution in [0.2, 0.25) is 5.15 Å². The predicted octanol–water partition coefficient (Wildman–Crippen LogP) is 2.82. The summed E-state index contributed by atoms with van der Waals surface area (Å²) in [4.78, 5) is 3.92. The molecule has 0 saturated heterocycles. The summed E-state index contributed by atoms with van der Waals surface area (Å²) in [6.45, 7) is 0. The normalized spacial score (nSPS) is 11.7. The Balaban J connectivity index is 2.94. The van der Waals surface area contributed by atoms with Gasteiger partial charge in [0.15, 0.2) is 0 Å². The van der Waals surface area contributed by atoms with E-state index in [-0.39, 0.29) is 15.8 Å². The molecule has 0 bridgehead atoms. The van der Waals surface area contributed by atoms with Crippen molar-refractivity contribution in [3.63, 3.8) is 0 Å². The number of hydrogen-bond donors (Lipinski definition) is 0. The maximum atomic E-state index is 11.5. The minimum absolute atomic E-state index is 0.0941. The van der Waals surface area contributed by atoms with E-state index < -0.39 is 9.05 Å². The van der Waals surface area contributed by atoms with Gasteiger partial charge in [-0.25, -0.2) is 13.4 Å². The van der Waals surface area contributed by atoms with E-state index in [1.54, 1.807) is 12.1 Å². The highest BCUT2D eigenvalue weighted by Crippen LogP contribution is 2.34. The van der Waals surface area contributed by atoms with Gasteiger partial charge in [0.25, 0.3) is 9.05 Å². The number of rotatable bonds is 2. The summed E-state index contributed by atoms with van der Waals surface area (Å²) < 4.78 is 28.1. The van der Waals surface area contributed by atoms with Crippen molar-refractivity contribution >= 4 is 42.2 Å². The first-order chi connectivity index (χ1) is 7.93. The summed E-state index contributed by atoms with van der Waals surface area (Å²) in [5, 5.41) is 0.657. The van der Waals surface area contributed by atoms with Crippen molar-refractivity contribution < 1.29 is 13.2 Å². The fourth-order valence-electron chi connectivity index (χ4n) is 1.54. The molecule has 0 amide bonds. The van der Waals surface area contributed by atoms with Crippen molar-refractivity contribution in [3.05, 3.63) is 29.4 Å². The summed E-state index contributed by atoms with van der Waals surface area (Å²) in [6.07, 6.45) is 0. The first-order valence-electron chi connectivity index (χ1n) is 4.51. The predicted molar refractivity (Wildman–Crippen MR) is 66.3 cm³/mol. The summed E-state index contributed by atoms with van der Waals surface area (Å²) in [5.74, 6) is 0.177. The van der Waals surface area contributed by atoms with Gasteiger partial charge in [-0.05, 0) is 24.3 Å². The Morgan fingerprint density at radius 2 is 1.94 bits per heavy atom. The molecular weight excluding hydrogens is 285 g/mol. The van der Waals surface area contributed by atoms with E-state index in [2.05, 4.69) is 4.98 Å². The average Bonchev–Trinajstić information content (AvgIpc) is 2.25. The van der Waals surface area contributed by atoms with Crippen LogP contribution < -0.4 is 4.74 Å². The number of benzene rings is 1. The Bertz CT molecular complexity index is 685. The van der Waals surface area contributed by atoms with E-state index in [9.17, 15) is 8.42 Å². The second kappa shape index (κ2) is 4.33. The zero-order chi connectivity index (χ0) is 12.6. The quantitative estimate of drug-likeness (QED) is 0.631. The van der Waals surface area contributed by atoms with Crippen molar-refractivity contribution in [2.45, 2.75) is 4.90 Å². The minimum Gasteiger partial charge on any atom is -0.495 e. The van der Waals surface area contributed by atoms with Gasteiger partial charge in [-0.15, -0.1) is 0 Å². The van der Waals surface area contributed by atoms with E-state index in [0.29, 0.717) is 10.9 Å². The van der Waals surface area contributed by atoms with Crippen LogP contribution in [0.1, 0.15) is 0 Å². The largest absolute Gasteiger partial charge is 0.495 e. The first-order valence-corrected chi connectivity index (χ1v) is 7.20. The van der Waals surface area contributed by atoms with Crippen LogP contribution in [-0.2, 0) is 9.05 Å². The molecule has 2 aromatic rings. The molecule has 0 saturated carbocycles. The lowest BCUT2D eigenvalue weighted by Crippen LogP contribution is -1.98. The number of pyridine rings is 1. The number of aromatic nitrogens is 1. The lowest BCUT2D eigenvalue weighted by atomic mass is 10.2. The molecule has 7 heteroatoms. The van der Waals surface area contributed by atoms with Gasteiger partial charge in [-0.3, -0.25) is 0 Å². The molecule has 0 aliphatic carbocycles. The van der Waals surface area contributed by atoms with Crippen LogP contribution in [0, 0.1) is 0 Å². The second-order valence-corrected chi connectivity index (χ2v) is 6.13. The molecule has 4 nitrogen and oxygen atoms in total. The van der Waals surface area contributed by atoms with Crippen LogP contribution in [0.25, 0.3) is 10.9 Å². The number of hydrogen-bond acceptors (Lipinski definition) is 4. The third-order valence-corrected chi connectivity index (χ3v) is 3.80. The molecule has 0 atom stereocenters. The van der Waals surface area contributed by atoms with Crippen LogP contribution in [-0.4, -0.2) is 20.5 Å². The van der Waals surface area contributed by atoms with Crippen LogP contribution >= 0.6 is 22.3 Å². The zero-order valence-corrected chi connectivity index (χ0v) is 11.0. The Kier molecular flexibility index (Phi) is 3.16. The van der Waals surface area contributed by atoms with Gasteiger partial charge in [-0.2, -0.15) is 0 Å². The summed E-state index contributed by atoms with van der Waals surface area (Å²) in [6, 6.07) is 6.14. The number of fused-ring (bicyclic) bond motifs is 1. The molecule has 1 heterocycles. The molecule has 0 aliphatic heterocycles. The Hall–Kier alpha value is -1.04. The topological polar surface area (TPSA) is 56.3 Å². The Morgan fingerprint density at radius 3 is 2.53 bits per heavy atom. The van der Waals surface area contributed by atoms with Crippen LogP contribution in [0.4, 0.5) is 0 Å². The van der Waals surface area contributed by atoms with Crippen LogP contribution in [0.5, 0.6) is 5.75 Å². The first kappa shape index (κ1) is 12.4. The van der Waals surface area contributed by atoms with Gasteiger partial charge in [0, 0.05) is 16.1 Å². The highest BCUT2D eigenvalue weighted by molar-refractivity contribution is 8.14. The number of halogens is 2. The van der Waals surface area contributed by atoms with Gasteiger partial charge in [-0.1, -0.05) is 11.6 Å². The van der Waals surface area contributed by atoms with Gasteiger partial charge in [0.05, 0.1) is 12.6 Å². The monoisotopic (exact) mass is 291 g/mol. The molecule has 2 rings (SSSR count). The van der Waals surface area contributed by atoms with Crippen LogP contribution in [0.3, 0.4) is 0 Å². The minimum atomic E-state index is -3.92. The Labute approximate surface area is 108 Å². The van der Waals surface area contributed by atoms with Crippen molar-refractivity contribution in [3.8, 4) is 5.75 Å². The lowest BCUT2D eigenvalue weighted by Gasteiger charge is -2.08. The number of nitrogens with zero attached hydrogens (tertiary/aromatic N) is 1. The summed E-state index contributed by atoms with van der Waals surface area (Å²) in [7, 11) is 2.84. The Morgan fingerprint density at radius 1 is 1.24 bits per heavy atom. The number of methoxy groups -OCH3 is 1. The molecule has 0 unspecified atom stereocenters.